The van der Waals surface area contributed by atoms with Gasteiger partial charge in [-0.3, -0.25) is 4.79 Å². The maximum atomic E-state index is 12.6. The first-order valence-electron chi connectivity index (χ1n) is 8.94. The van der Waals surface area contributed by atoms with Crippen molar-refractivity contribution in [2.75, 3.05) is 26.2 Å². The molecule has 0 bridgehead atoms. The second-order valence-corrected chi connectivity index (χ2v) is 6.74. The van der Waals surface area contributed by atoms with Gasteiger partial charge in [-0.2, -0.15) is 0 Å². The maximum absolute atomic E-state index is 12.6. The van der Waals surface area contributed by atoms with E-state index in [-0.39, 0.29) is 17.4 Å². The summed E-state index contributed by atoms with van der Waals surface area (Å²) in [6.45, 7) is 7.67. The van der Waals surface area contributed by atoms with E-state index in [1.54, 1.807) is 0 Å². The van der Waals surface area contributed by atoms with Gasteiger partial charge in [0.1, 0.15) is 11.4 Å². The van der Waals surface area contributed by atoms with Crippen molar-refractivity contribution in [1.82, 2.24) is 10.2 Å². The predicted molar refractivity (Wildman–Crippen MR) is 91.8 cm³/mol. The summed E-state index contributed by atoms with van der Waals surface area (Å²) < 4.78 is 6.42. The number of nitrogens with one attached hydrogen (secondary N) is 1. The SMILES string of the molecule is CCN(CC)C(=O)C[C@H]1CC2(CCNCC2)Oc2ccccc21. The molecule has 1 amide bonds. The molecule has 3 rings (SSSR count). The number of carbonyl (C=O) groups is 1. The largest absolute Gasteiger partial charge is 0.487 e. The van der Waals surface area contributed by atoms with Gasteiger partial charge in [0.2, 0.25) is 5.91 Å². The van der Waals surface area contributed by atoms with Crippen molar-refractivity contribution >= 4 is 5.91 Å². The molecule has 2 heterocycles. The van der Waals surface area contributed by atoms with Gasteiger partial charge in [-0.15, -0.1) is 0 Å². The molecule has 0 radical (unpaired) electrons. The lowest BCUT2D eigenvalue weighted by Crippen LogP contribution is -2.49. The number of piperidine rings is 1. The summed E-state index contributed by atoms with van der Waals surface area (Å²) >= 11 is 0. The first kappa shape index (κ1) is 16.3. The molecule has 2 aliphatic heterocycles. The number of amides is 1. The van der Waals surface area contributed by atoms with E-state index in [1.165, 1.54) is 5.56 Å². The summed E-state index contributed by atoms with van der Waals surface area (Å²) in [5.74, 6) is 1.52. The van der Waals surface area contributed by atoms with Gasteiger partial charge in [-0.1, -0.05) is 18.2 Å². The van der Waals surface area contributed by atoms with E-state index in [4.69, 9.17) is 4.74 Å². The molecular weight excluding hydrogens is 288 g/mol. The van der Waals surface area contributed by atoms with E-state index in [0.717, 1.165) is 51.2 Å². The number of hydrogen-bond acceptors (Lipinski definition) is 3. The van der Waals surface area contributed by atoms with Gasteiger partial charge in [0.15, 0.2) is 0 Å². The molecule has 23 heavy (non-hydrogen) atoms. The van der Waals surface area contributed by atoms with Gasteiger partial charge >= 0.3 is 0 Å². The zero-order chi connectivity index (χ0) is 16.3. The lowest BCUT2D eigenvalue weighted by Gasteiger charge is -2.45. The average molecular weight is 316 g/mol. The average Bonchev–Trinajstić information content (AvgIpc) is 2.56. The maximum Gasteiger partial charge on any atom is 0.223 e. The predicted octanol–water partition coefficient (Wildman–Crippen LogP) is 2.93. The van der Waals surface area contributed by atoms with Crippen LogP contribution in [0.4, 0.5) is 0 Å². The molecule has 0 saturated carbocycles. The highest BCUT2D eigenvalue weighted by molar-refractivity contribution is 5.77. The lowest BCUT2D eigenvalue weighted by atomic mass is 9.76. The minimum Gasteiger partial charge on any atom is -0.487 e. The third-order valence-corrected chi connectivity index (χ3v) is 5.36. The third kappa shape index (κ3) is 3.37. The van der Waals surface area contributed by atoms with Crippen LogP contribution in [0.3, 0.4) is 0 Å². The summed E-state index contributed by atoms with van der Waals surface area (Å²) in [6, 6.07) is 8.27. The first-order chi connectivity index (χ1) is 11.2. The highest BCUT2D eigenvalue weighted by atomic mass is 16.5. The van der Waals surface area contributed by atoms with Crippen molar-refractivity contribution in [3.8, 4) is 5.75 Å². The number of benzene rings is 1. The van der Waals surface area contributed by atoms with Gasteiger partial charge in [-0.05, 0) is 57.8 Å². The molecule has 1 N–H and O–H groups in total. The van der Waals surface area contributed by atoms with Crippen LogP contribution in [0, 0.1) is 0 Å². The molecule has 1 fully saturated rings. The Morgan fingerprint density at radius 2 is 1.96 bits per heavy atom. The van der Waals surface area contributed by atoms with Crippen molar-refractivity contribution < 1.29 is 9.53 Å². The van der Waals surface area contributed by atoms with Crippen LogP contribution >= 0.6 is 0 Å². The number of rotatable bonds is 4. The van der Waals surface area contributed by atoms with E-state index >= 15 is 0 Å². The highest BCUT2D eigenvalue weighted by Crippen LogP contribution is 2.45. The van der Waals surface area contributed by atoms with Gasteiger partial charge < -0.3 is 15.0 Å². The third-order valence-electron chi connectivity index (χ3n) is 5.36. The summed E-state index contributed by atoms with van der Waals surface area (Å²) in [4.78, 5) is 14.6. The van der Waals surface area contributed by atoms with Crippen LogP contribution in [0.5, 0.6) is 5.75 Å². The number of para-hydroxylation sites is 1. The van der Waals surface area contributed by atoms with Crippen molar-refractivity contribution in [1.29, 1.82) is 0 Å². The van der Waals surface area contributed by atoms with Crippen molar-refractivity contribution in [2.45, 2.75) is 51.0 Å². The number of nitrogens with zero attached hydrogens (tertiary/aromatic N) is 1. The van der Waals surface area contributed by atoms with Crippen LogP contribution < -0.4 is 10.1 Å². The molecule has 0 aromatic heterocycles. The Labute approximate surface area is 139 Å². The molecule has 1 aromatic rings. The Balaban J connectivity index is 1.84. The molecule has 0 aliphatic carbocycles. The summed E-state index contributed by atoms with van der Waals surface area (Å²) in [7, 11) is 0. The van der Waals surface area contributed by atoms with Crippen LogP contribution in [0.15, 0.2) is 24.3 Å². The lowest BCUT2D eigenvalue weighted by molar-refractivity contribution is -0.131. The monoisotopic (exact) mass is 316 g/mol. The number of ether oxygens (including phenoxy) is 1. The number of fused-ring (bicyclic) bond motifs is 1. The standard InChI is InChI=1S/C19H28N2O2/c1-3-21(4-2)18(22)13-15-14-19(9-11-20-12-10-19)23-17-8-6-5-7-16(15)17/h5-8,15,20H,3-4,9-14H2,1-2H3/t15-/m0/s1. The van der Waals surface area contributed by atoms with Crippen molar-refractivity contribution in [3.63, 3.8) is 0 Å². The molecule has 1 spiro atoms. The fourth-order valence-corrected chi connectivity index (χ4v) is 4.03. The molecular formula is C19H28N2O2. The van der Waals surface area contributed by atoms with Gasteiger partial charge in [0.25, 0.3) is 0 Å². The van der Waals surface area contributed by atoms with E-state index in [0.29, 0.717) is 6.42 Å². The minimum atomic E-state index is -0.0895. The van der Waals surface area contributed by atoms with Gasteiger partial charge in [-0.25, -0.2) is 0 Å². The summed E-state index contributed by atoms with van der Waals surface area (Å²) in [5, 5.41) is 3.42. The van der Waals surface area contributed by atoms with Crippen molar-refractivity contribution in [2.24, 2.45) is 0 Å². The Kier molecular flexibility index (Phi) is 4.90. The molecule has 1 atom stereocenters. The highest BCUT2D eigenvalue weighted by Gasteiger charge is 2.42. The second kappa shape index (κ2) is 6.91. The van der Waals surface area contributed by atoms with E-state index in [9.17, 15) is 4.79 Å². The topological polar surface area (TPSA) is 41.6 Å². The van der Waals surface area contributed by atoms with E-state index in [1.807, 2.05) is 24.8 Å². The Morgan fingerprint density at radius 3 is 2.65 bits per heavy atom. The zero-order valence-electron chi connectivity index (χ0n) is 14.3. The fraction of sp³-hybridized carbons (Fsp3) is 0.632. The van der Waals surface area contributed by atoms with Crippen LogP contribution in [-0.4, -0.2) is 42.6 Å². The molecule has 1 aromatic carbocycles. The smallest absolute Gasteiger partial charge is 0.223 e. The van der Waals surface area contributed by atoms with Gasteiger partial charge in [0, 0.05) is 25.4 Å². The summed E-state index contributed by atoms with van der Waals surface area (Å²) in [6.07, 6.45) is 3.60. The van der Waals surface area contributed by atoms with E-state index in [2.05, 4.69) is 23.5 Å². The van der Waals surface area contributed by atoms with Crippen LogP contribution in [0.2, 0.25) is 0 Å². The molecule has 126 valence electrons. The van der Waals surface area contributed by atoms with E-state index < -0.39 is 0 Å². The molecule has 1 saturated heterocycles. The van der Waals surface area contributed by atoms with Gasteiger partial charge in [0.05, 0.1) is 0 Å². The molecule has 2 aliphatic rings. The van der Waals surface area contributed by atoms with Crippen LogP contribution in [0.25, 0.3) is 0 Å². The minimum absolute atomic E-state index is 0.0895. The quantitative estimate of drug-likeness (QED) is 0.928. The second-order valence-electron chi connectivity index (χ2n) is 6.74. The fourth-order valence-electron chi connectivity index (χ4n) is 4.03. The molecule has 4 nitrogen and oxygen atoms in total. The number of hydrogen-bond donors (Lipinski definition) is 1. The van der Waals surface area contributed by atoms with Crippen LogP contribution in [0.1, 0.15) is 51.0 Å². The molecule has 4 heteroatoms. The normalized spacial score (nSPS) is 22.3. The number of carbonyl (C=O) groups excluding carboxylic acids is 1. The Morgan fingerprint density at radius 1 is 1.26 bits per heavy atom. The Hall–Kier alpha value is -1.55. The Bertz CT molecular complexity index is 548. The first-order valence-corrected chi connectivity index (χ1v) is 8.94. The van der Waals surface area contributed by atoms with Crippen molar-refractivity contribution in [3.05, 3.63) is 29.8 Å². The zero-order valence-corrected chi connectivity index (χ0v) is 14.3. The summed E-state index contributed by atoms with van der Waals surface area (Å²) in [5.41, 5.74) is 1.12. The molecule has 0 unspecified atom stereocenters. The van der Waals surface area contributed by atoms with Crippen LogP contribution in [-0.2, 0) is 4.79 Å².